The number of carbonyl (C=O) groups excluding carboxylic acids is 2. The molecule has 0 spiro atoms. The number of hydrogen-bond donors (Lipinski definition) is 3. The van der Waals surface area contributed by atoms with Gasteiger partial charge in [0.1, 0.15) is 6.04 Å². The van der Waals surface area contributed by atoms with Crippen LogP contribution in [0, 0.1) is 6.92 Å². The van der Waals surface area contributed by atoms with Gasteiger partial charge < -0.3 is 10.6 Å². The highest BCUT2D eigenvalue weighted by Gasteiger charge is 2.34. The van der Waals surface area contributed by atoms with Gasteiger partial charge in [0, 0.05) is 17.8 Å². The van der Waals surface area contributed by atoms with Gasteiger partial charge in [0.25, 0.3) is 0 Å². The van der Waals surface area contributed by atoms with Crippen LogP contribution in [0.3, 0.4) is 0 Å². The van der Waals surface area contributed by atoms with E-state index in [0.717, 1.165) is 42.6 Å². The summed E-state index contributed by atoms with van der Waals surface area (Å²) in [5.74, 6) is -0.0842. The van der Waals surface area contributed by atoms with E-state index in [1.165, 1.54) is 0 Å². The van der Waals surface area contributed by atoms with Crippen LogP contribution < -0.4 is 16.0 Å². The zero-order chi connectivity index (χ0) is 14.1. The molecule has 106 valence electrons. The fourth-order valence-corrected chi connectivity index (χ4v) is 2.85. The van der Waals surface area contributed by atoms with Crippen molar-refractivity contribution in [2.45, 2.75) is 38.3 Å². The first-order chi connectivity index (χ1) is 9.65. The molecular formula is C15H19N3O2. The molecule has 1 aromatic carbocycles. The molecule has 2 atom stereocenters. The summed E-state index contributed by atoms with van der Waals surface area (Å²) in [6.07, 6.45) is 2.76. The number of fused-ring (bicyclic) bond motifs is 1. The molecule has 5 heteroatoms. The molecular weight excluding hydrogens is 254 g/mol. The lowest BCUT2D eigenvalue weighted by Crippen LogP contribution is -2.45. The van der Waals surface area contributed by atoms with Crippen LogP contribution in [-0.2, 0) is 9.59 Å². The fourth-order valence-electron chi connectivity index (χ4n) is 2.85. The van der Waals surface area contributed by atoms with Gasteiger partial charge in [-0.25, -0.2) is 0 Å². The molecule has 2 aliphatic rings. The summed E-state index contributed by atoms with van der Waals surface area (Å²) in [5.41, 5.74) is 2.89. The van der Waals surface area contributed by atoms with E-state index < -0.39 is 6.04 Å². The maximum absolute atomic E-state index is 12.1. The Kier molecular flexibility index (Phi) is 3.44. The minimum atomic E-state index is -0.432. The van der Waals surface area contributed by atoms with Gasteiger partial charge in [-0.15, -0.1) is 0 Å². The lowest BCUT2D eigenvalue weighted by molar-refractivity contribution is -0.123. The summed E-state index contributed by atoms with van der Waals surface area (Å²) in [7, 11) is 0. The lowest BCUT2D eigenvalue weighted by Gasteiger charge is -2.19. The van der Waals surface area contributed by atoms with Gasteiger partial charge in [-0.1, -0.05) is 17.7 Å². The second-order valence-electron chi connectivity index (χ2n) is 5.52. The molecule has 5 nitrogen and oxygen atoms in total. The van der Waals surface area contributed by atoms with Crippen LogP contribution in [-0.4, -0.2) is 24.4 Å². The summed E-state index contributed by atoms with van der Waals surface area (Å²) < 4.78 is 0. The number of rotatable bonds is 2. The van der Waals surface area contributed by atoms with Gasteiger partial charge in [0.05, 0.1) is 6.04 Å². The fraction of sp³-hybridized carbons (Fsp3) is 0.467. The molecule has 0 radical (unpaired) electrons. The first-order valence-corrected chi connectivity index (χ1v) is 7.10. The molecule has 1 saturated heterocycles. The molecule has 2 amide bonds. The van der Waals surface area contributed by atoms with Crippen molar-refractivity contribution in [1.82, 2.24) is 10.6 Å². The molecule has 2 unspecified atom stereocenters. The SMILES string of the molecule is Cc1ccc2c(c1)C(NC1CCCCNC1=O)C(=O)N2. The Bertz CT molecular complexity index is 556. The van der Waals surface area contributed by atoms with Crippen molar-refractivity contribution in [3.63, 3.8) is 0 Å². The number of aryl methyl sites for hydroxylation is 1. The van der Waals surface area contributed by atoms with E-state index in [1.54, 1.807) is 0 Å². The Hall–Kier alpha value is -1.88. The average Bonchev–Trinajstić information content (AvgIpc) is 2.58. The third-order valence-electron chi connectivity index (χ3n) is 3.94. The number of benzene rings is 1. The summed E-state index contributed by atoms with van der Waals surface area (Å²) in [6, 6.07) is 5.16. The molecule has 2 heterocycles. The maximum Gasteiger partial charge on any atom is 0.246 e. The van der Waals surface area contributed by atoms with Crippen molar-refractivity contribution in [1.29, 1.82) is 0 Å². The van der Waals surface area contributed by atoms with Crippen LogP contribution in [0.4, 0.5) is 5.69 Å². The molecule has 1 aromatic rings. The van der Waals surface area contributed by atoms with E-state index in [0.29, 0.717) is 0 Å². The summed E-state index contributed by atoms with van der Waals surface area (Å²) >= 11 is 0. The third-order valence-corrected chi connectivity index (χ3v) is 3.94. The van der Waals surface area contributed by atoms with Crippen molar-refractivity contribution in [3.8, 4) is 0 Å². The Morgan fingerprint density at radius 3 is 2.90 bits per heavy atom. The van der Waals surface area contributed by atoms with Crippen LogP contribution in [0.2, 0.25) is 0 Å². The number of nitrogens with one attached hydrogen (secondary N) is 3. The van der Waals surface area contributed by atoms with E-state index in [9.17, 15) is 9.59 Å². The standard InChI is InChI=1S/C15H19N3O2/c1-9-5-6-11-10(8-9)13(15(20)18-11)17-12-4-2-3-7-16-14(12)19/h5-6,8,12-13,17H,2-4,7H2,1H3,(H,16,19)(H,18,20). The molecule has 0 bridgehead atoms. The number of anilines is 1. The van der Waals surface area contributed by atoms with E-state index in [-0.39, 0.29) is 17.9 Å². The molecule has 3 N–H and O–H groups in total. The van der Waals surface area contributed by atoms with Crippen LogP contribution in [0.1, 0.15) is 36.4 Å². The summed E-state index contributed by atoms with van der Waals surface area (Å²) in [4.78, 5) is 24.1. The van der Waals surface area contributed by atoms with Gasteiger partial charge in [-0.3, -0.25) is 14.9 Å². The topological polar surface area (TPSA) is 70.2 Å². The highest BCUT2D eigenvalue weighted by molar-refractivity contribution is 6.03. The monoisotopic (exact) mass is 273 g/mol. The molecule has 0 aromatic heterocycles. The predicted molar refractivity (Wildman–Crippen MR) is 76.3 cm³/mol. The van der Waals surface area contributed by atoms with E-state index >= 15 is 0 Å². The first kappa shape index (κ1) is 13.1. The Balaban J connectivity index is 1.82. The molecule has 0 aliphatic carbocycles. The molecule has 1 fully saturated rings. The normalized spacial score (nSPS) is 25.6. The second-order valence-corrected chi connectivity index (χ2v) is 5.52. The van der Waals surface area contributed by atoms with Crippen molar-refractivity contribution in [2.24, 2.45) is 0 Å². The smallest absolute Gasteiger partial charge is 0.246 e. The van der Waals surface area contributed by atoms with Gasteiger partial charge in [0.15, 0.2) is 0 Å². The molecule has 0 saturated carbocycles. The minimum Gasteiger partial charge on any atom is -0.355 e. The predicted octanol–water partition coefficient (Wildman–Crippen LogP) is 1.25. The van der Waals surface area contributed by atoms with Crippen LogP contribution >= 0.6 is 0 Å². The zero-order valence-electron chi connectivity index (χ0n) is 11.5. The first-order valence-electron chi connectivity index (χ1n) is 7.10. The van der Waals surface area contributed by atoms with Crippen molar-refractivity contribution >= 4 is 17.5 Å². The van der Waals surface area contributed by atoms with E-state index in [2.05, 4.69) is 16.0 Å². The highest BCUT2D eigenvalue weighted by atomic mass is 16.2. The second kappa shape index (κ2) is 5.25. The summed E-state index contributed by atoms with van der Waals surface area (Å²) in [6.45, 7) is 2.72. The lowest BCUT2D eigenvalue weighted by atomic mass is 10.0. The van der Waals surface area contributed by atoms with Gasteiger partial charge in [-0.05, 0) is 32.3 Å². The molecule has 20 heavy (non-hydrogen) atoms. The third kappa shape index (κ3) is 2.41. The van der Waals surface area contributed by atoms with Gasteiger partial charge >= 0.3 is 0 Å². The Morgan fingerprint density at radius 2 is 2.05 bits per heavy atom. The largest absolute Gasteiger partial charge is 0.355 e. The Morgan fingerprint density at radius 1 is 1.20 bits per heavy atom. The quantitative estimate of drug-likeness (QED) is 0.759. The highest BCUT2D eigenvalue weighted by Crippen LogP contribution is 2.32. The van der Waals surface area contributed by atoms with Crippen molar-refractivity contribution in [2.75, 3.05) is 11.9 Å². The van der Waals surface area contributed by atoms with Crippen LogP contribution in [0.5, 0.6) is 0 Å². The minimum absolute atomic E-state index is 0.00333. The van der Waals surface area contributed by atoms with Gasteiger partial charge in [0.2, 0.25) is 11.8 Å². The van der Waals surface area contributed by atoms with Crippen molar-refractivity contribution < 1.29 is 9.59 Å². The molecule has 2 aliphatic heterocycles. The van der Waals surface area contributed by atoms with Gasteiger partial charge in [-0.2, -0.15) is 0 Å². The molecule has 3 rings (SSSR count). The van der Waals surface area contributed by atoms with Crippen LogP contribution in [0.25, 0.3) is 0 Å². The number of carbonyl (C=O) groups is 2. The zero-order valence-corrected chi connectivity index (χ0v) is 11.5. The number of amides is 2. The average molecular weight is 273 g/mol. The summed E-state index contributed by atoms with van der Waals surface area (Å²) in [5, 5.41) is 8.96. The Labute approximate surface area is 118 Å². The number of hydrogen-bond acceptors (Lipinski definition) is 3. The van der Waals surface area contributed by atoms with E-state index in [4.69, 9.17) is 0 Å². The van der Waals surface area contributed by atoms with E-state index in [1.807, 2.05) is 25.1 Å². The maximum atomic E-state index is 12.1. The van der Waals surface area contributed by atoms with Crippen LogP contribution in [0.15, 0.2) is 18.2 Å². The van der Waals surface area contributed by atoms with Crippen molar-refractivity contribution in [3.05, 3.63) is 29.3 Å².